The molecule has 2 heterocycles. The van der Waals surface area contributed by atoms with E-state index in [9.17, 15) is 18.1 Å². The molecular formula is C32H34N4O7S. The van der Waals surface area contributed by atoms with Crippen molar-refractivity contribution in [1.29, 1.82) is 0 Å². The number of allylic oxidation sites excluding steroid dienone is 3. The zero-order valence-corrected chi connectivity index (χ0v) is 26.1. The minimum atomic E-state index is -3.71. The quantitative estimate of drug-likeness (QED) is 0.175. The van der Waals surface area contributed by atoms with Crippen molar-refractivity contribution in [3.63, 3.8) is 0 Å². The van der Waals surface area contributed by atoms with Gasteiger partial charge >= 0.3 is 0 Å². The van der Waals surface area contributed by atoms with Crippen LogP contribution in [0.15, 0.2) is 63.1 Å². The molecule has 0 fully saturated rings. The van der Waals surface area contributed by atoms with Crippen molar-refractivity contribution < 1.29 is 26.8 Å². The van der Waals surface area contributed by atoms with E-state index >= 15 is 0 Å². The third kappa shape index (κ3) is 6.50. The molecule has 0 spiro atoms. The third-order valence-corrected chi connectivity index (χ3v) is 7.98. The maximum Gasteiger partial charge on any atom is 0.255 e. The fraction of sp³-hybridized carbons (Fsp3) is 0.250. The van der Waals surface area contributed by atoms with Crippen LogP contribution in [0.1, 0.15) is 36.4 Å². The molecule has 0 radical (unpaired) electrons. The van der Waals surface area contributed by atoms with Gasteiger partial charge in [0.15, 0.2) is 5.42 Å². The molecule has 0 unspecified atom stereocenters. The Bertz CT molecular complexity index is 2010. The smallest absolute Gasteiger partial charge is 0.255 e. The standard InChI is InChI=1S/C32H34N4O7S/c1-8-9-10-11-26-20(4)35-32(43-26)24-16-21(12-13-27(24)41-15-14-34-38)22-17-23-28(18-25(22)36(6)44(7,39)40)42-30(19(2)3)29(23)31(37)33-5/h9-13,16-18H,2,4,8,14-15H2,1,3,5-7H3,(H,33,37)/b10-9-,26-11+. The van der Waals surface area contributed by atoms with Crippen LogP contribution in [-0.2, 0) is 10.0 Å². The van der Waals surface area contributed by atoms with Gasteiger partial charge in [0.1, 0.15) is 35.6 Å². The van der Waals surface area contributed by atoms with Crippen LogP contribution in [0.5, 0.6) is 5.75 Å². The average molecular weight is 619 g/mol. The Morgan fingerprint density at radius 3 is 2.59 bits per heavy atom. The van der Waals surface area contributed by atoms with Crippen LogP contribution < -0.4 is 25.1 Å². The molecule has 4 aromatic rings. The molecule has 2 aromatic carbocycles. The summed E-state index contributed by atoms with van der Waals surface area (Å²) in [6.07, 6.45) is 7.50. The summed E-state index contributed by atoms with van der Waals surface area (Å²) in [4.78, 5) is 28.2. The highest BCUT2D eigenvalue weighted by atomic mass is 32.2. The zero-order chi connectivity index (χ0) is 32.2. The number of oxazole rings is 1. The Kier molecular flexibility index (Phi) is 9.53. The van der Waals surface area contributed by atoms with Crippen molar-refractivity contribution in [3.8, 4) is 28.3 Å². The second-order valence-corrected chi connectivity index (χ2v) is 12.0. The van der Waals surface area contributed by atoms with Crippen LogP contribution >= 0.6 is 0 Å². The second-order valence-electron chi connectivity index (χ2n) is 10.0. The van der Waals surface area contributed by atoms with E-state index in [1.807, 2.05) is 19.1 Å². The molecule has 0 aliphatic carbocycles. The number of amides is 1. The lowest BCUT2D eigenvalue weighted by molar-refractivity contribution is 0.0963. The minimum Gasteiger partial charge on any atom is -0.491 e. The normalized spacial score (nSPS) is 12.2. The highest BCUT2D eigenvalue weighted by Crippen LogP contribution is 2.42. The van der Waals surface area contributed by atoms with Crippen LogP contribution in [-0.4, -0.2) is 52.8 Å². The average Bonchev–Trinajstić information content (AvgIpc) is 3.55. The molecule has 0 saturated heterocycles. The second kappa shape index (κ2) is 13.1. The van der Waals surface area contributed by atoms with E-state index in [-0.39, 0.29) is 30.5 Å². The van der Waals surface area contributed by atoms with Crippen molar-refractivity contribution in [2.24, 2.45) is 5.18 Å². The zero-order valence-electron chi connectivity index (χ0n) is 25.3. The number of nitrogens with zero attached hydrogens (tertiary/aromatic N) is 3. The number of anilines is 1. The van der Waals surface area contributed by atoms with Gasteiger partial charge in [0.25, 0.3) is 5.91 Å². The van der Waals surface area contributed by atoms with Crippen molar-refractivity contribution in [3.05, 3.63) is 76.1 Å². The molecule has 12 heteroatoms. The maximum atomic E-state index is 13.0. The van der Waals surface area contributed by atoms with Gasteiger partial charge in [-0.05, 0) is 48.8 Å². The number of nitrogens with one attached hydrogen (secondary N) is 1. The first-order valence-corrected chi connectivity index (χ1v) is 15.6. The number of benzene rings is 2. The van der Waals surface area contributed by atoms with E-state index < -0.39 is 10.0 Å². The van der Waals surface area contributed by atoms with Gasteiger partial charge in [-0.1, -0.05) is 43.5 Å². The fourth-order valence-corrected chi connectivity index (χ4v) is 5.05. The summed E-state index contributed by atoms with van der Waals surface area (Å²) in [6, 6.07) is 8.43. The summed E-state index contributed by atoms with van der Waals surface area (Å²) in [5.41, 5.74) is 3.36. The van der Waals surface area contributed by atoms with Crippen molar-refractivity contribution >= 4 is 50.8 Å². The van der Waals surface area contributed by atoms with Crippen molar-refractivity contribution in [2.75, 3.05) is 37.8 Å². The van der Waals surface area contributed by atoms with Gasteiger partial charge in [-0.15, -0.1) is 0 Å². The van der Waals surface area contributed by atoms with E-state index in [4.69, 9.17) is 13.6 Å². The van der Waals surface area contributed by atoms with Crippen LogP contribution in [0.4, 0.5) is 5.69 Å². The van der Waals surface area contributed by atoms with Gasteiger partial charge in [0.2, 0.25) is 15.9 Å². The molecule has 230 valence electrons. The largest absolute Gasteiger partial charge is 0.491 e. The monoisotopic (exact) mass is 618 g/mol. The molecular weight excluding hydrogens is 584 g/mol. The summed E-state index contributed by atoms with van der Waals surface area (Å²) in [6.45, 7) is 11.6. The first kappa shape index (κ1) is 32.0. The summed E-state index contributed by atoms with van der Waals surface area (Å²) >= 11 is 0. The molecule has 44 heavy (non-hydrogen) atoms. The van der Waals surface area contributed by atoms with Crippen LogP contribution in [0.25, 0.3) is 51.8 Å². The molecule has 1 amide bonds. The molecule has 11 nitrogen and oxygen atoms in total. The lowest BCUT2D eigenvalue weighted by Gasteiger charge is -2.21. The van der Waals surface area contributed by atoms with Gasteiger partial charge in [-0.3, -0.25) is 9.10 Å². The van der Waals surface area contributed by atoms with Crippen molar-refractivity contribution in [2.45, 2.75) is 20.3 Å². The van der Waals surface area contributed by atoms with Gasteiger partial charge < -0.3 is 18.9 Å². The number of fused-ring (bicyclic) bond motifs is 1. The fourth-order valence-electron chi connectivity index (χ4n) is 4.54. The molecule has 2 aromatic heterocycles. The lowest BCUT2D eigenvalue weighted by Crippen LogP contribution is -2.25. The number of hydrogen-bond acceptors (Lipinski definition) is 9. The Morgan fingerprint density at radius 2 is 1.95 bits per heavy atom. The summed E-state index contributed by atoms with van der Waals surface area (Å²) in [5, 5.41) is 6.37. The first-order valence-electron chi connectivity index (χ1n) is 13.7. The Balaban J connectivity index is 2.04. The Morgan fingerprint density at radius 1 is 1.20 bits per heavy atom. The first-order chi connectivity index (χ1) is 20.9. The number of sulfonamides is 1. The predicted molar refractivity (Wildman–Crippen MR) is 173 cm³/mol. The number of aromatic nitrogens is 1. The topological polar surface area (TPSA) is 144 Å². The number of furan rings is 1. The van der Waals surface area contributed by atoms with Gasteiger partial charge in [-0.25, -0.2) is 13.4 Å². The number of carbonyl (C=O) groups is 1. The molecule has 0 saturated carbocycles. The van der Waals surface area contributed by atoms with E-state index in [2.05, 4.69) is 28.6 Å². The van der Waals surface area contributed by atoms with Crippen LogP contribution in [0.2, 0.25) is 0 Å². The van der Waals surface area contributed by atoms with Crippen LogP contribution in [0, 0.1) is 4.91 Å². The molecule has 0 aliphatic heterocycles. The predicted octanol–water partition coefficient (Wildman–Crippen LogP) is 4.85. The van der Waals surface area contributed by atoms with Gasteiger partial charge in [-0.2, -0.15) is 4.91 Å². The Hall–Kier alpha value is -4.97. The SMILES string of the molecule is C=C(C)c1oc2cc(N(C)S(C)(=O)=O)c(-c3ccc(OCCN=O)c(-c4nc(=C)/c(=C\C=C/CC)o4)c3)cc2c1C(=O)NC. The molecule has 0 aliphatic rings. The lowest BCUT2D eigenvalue weighted by atomic mass is 9.97. The molecule has 0 atom stereocenters. The molecule has 1 N–H and O–H groups in total. The molecule has 0 bridgehead atoms. The van der Waals surface area contributed by atoms with Crippen LogP contribution in [0.3, 0.4) is 0 Å². The summed E-state index contributed by atoms with van der Waals surface area (Å²) < 4.78 is 44.5. The number of carbonyl (C=O) groups excluding carboxylic acids is 1. The highest BCUT2D eigenvalue weighted by Gasteiger charge is 2.26. The number of ether oxygens (including phenoxy) is 1. The van der Waals surface area contributed by atoms with E-state index in [0.717, 1.165) is 17.0 Å². The van der Waals surface area contributed by atoms with E-state index in [1.165, 1.54) is 14.1 Å². The minimum absolute atomic E-state index is 0.0220. The number of rotatable bonds is 12. The summed E-state index contributed by atoms with van der Waals surface area (Å²) in [7, 11) is -0.769. The van der Waals surface area contributed by atoms with E-state index in [0.29, 0.717) is 61.2 Å². The highest BCUT2D eigenvalue weighted by molar-refractivity contribution is 7.92. The Labute approximate surface area is 255 Å². The summed E-state index contributed by atoms with van der Waals surface area (Å²) in [5.74, 6) is 0.488. The number of nitroso groups, excluding NO2 is 1. The van der Waals surface area contributed by atoms with Gasteiger partial charge in [0.05, 0.1) is 23.1 Å². The molecule has 4 rings (SSSR count). The van der Waals surface area contributed by atoms with Gasteiger partial charge in [0, 0.05) is 31.1 Å². The van der Waals surface area contributed by atoms with Crippen molar-refractivity contribution in [1.82, 2.24) is 10.3 Å². The third-order valence-electron chi connectivity index (χ3n) is 6.79. The van der Waals surface area contributed by atoms with E-state index in [1.54, 1.807) is 43.3 Å². The number of hydrogen-bond donors (Lipinski definition) is 1. The maximum absolute atomic E-state index is 13.0.